The normalized spacial score (nSPS) is 10.9. The third-order valence-electron chi connectivity index (χ3n) is 4.11. The molecule has 2 N–H and O–H groups in total. The number of carbonyl (C=O) groups excluding carboxylic acids is 1. The number of carbonyl (C=O) groups is 1. The number of amides is 2. The van der Waals surface area contributed by atoms with Crippen LogP contribution in [0.5, 0.6) is 0 Å². The molecular formula is C21H26N4O3. The SMILES string of the molecule is CCOCCOCc1cccc(NC(=O)NCCc2cn3ccccc3n2)c1. The van der Waals surface area contributed by atoms with Crippen molar-refractivity contribution in [1.82, 2.24) is 14.7 Å². The van der Waals surface area contributed by atoms with E-state index >= 15 is 0 Å². The molecule has 3 rings (SSSR count). The van der Waals surface area contributed by atoms with Crippen molar-refractivity contribution < 1.29 is 14.3 Å². The van der Waals surface area contributed by atoms with Gasteiger partial charge in [0.2, 0.25) is 0 Å². The number of pyridine rings is 1. The van der Waals surface area contributed by atoms with Gasteiger partial charge in [0.05, 0.1) is 25.5 Å². The molecule has 7 nitrogen and oxygen atoms in total. The van der Waals surface area contributed by atoms with Crippen LogP contribution in [-0.4, -0.2) is 41.8 Å². The van der Waals surface area contributed by atoms with E-state index in [0.29, 0.717) is 39.4 Å². The lowest BCUT2D eigenvalue weighted by atomic mass is 10.2. The van der Waals surface area contributed by atoms with Crippen molar-refractivity contribution in [2.75, 3.05) is 31.7 Å². The maximum Gasteiger partial charge on any atom is 0.319 e. The first-order chi connectivity index (χ1) is 13.7. The van der Waals surface area contributed by atoms with E-state index in [1.807, 2.05) is 66.2 Å². The van der Waals surface area contributed by atoms with Gasteiger partial charge in [0.15, 0.2) is 0 Å². The molecule has 0 atom stereocenters. The van der Waals surface area contributed by atoms with Crippen LogP contribution in [0.4, 0.5) is 10.5 Å². The fraction of sp³-hybridized carbons (Fsp3) is 0.333. The second kappa shape index (κ2) is 10.4. The number of hydrogen-bond acceptors (Lipinski definition) is 4. The molecule has 2 heterocycles. The van der Waals surface area contributed by atoms with Crippen LogP contribution in [0.25, 0.3) is 5.65 Å². The minimum absolute atomic E-state index is 0.238. The summed E-state index contributed by atoms with van der Waals surface area (Å²) in [6.07, 6.45) is 4.60. The Labute approximate surface area is 164 Å². The zero-order valence-electron chi connectivity index (χ0n) is 16.1. The van der Waals surface area contributed by atoms with Crippen LogP contribution in [0.2, 0.25) is 0 Å². The Balaban J connectivity index is 1.41. The molecule has 0 fully saturated rings. The van der Waals surface area contributed by atoms with E-state index in [-0.39, 0.29) is 6.03 Å². The zero-order valence-corrected chi connectivity index (χ0v) is 16.1. The molecule has 3 aromatic rings. The van der Waals surface area contributed by atoms with Crippen LogP contribution >= 0.6 is 0 Å². The third-order valence-corrected chi connectivity index (χ3v) is 4.11. The van der Waals surface area contributed by atoms with E-state index in [0.717, 1.165) is 22.6 Å². The van der Waals surface area contributed by atoms with Gasteiger partial charge in [0.1, 0.15) is 5.65 Å². The first kappa shape index (κ1) is 19.9. The smallest absolute Gasteiger partial charge is 0.319 e. The molecule has 0 bridgehead atoms. The van der Waals surface area contributed by atoms with Crippen molar-refractivity contribution in [3.05, 3.63) is 66.1 Å². The number of imidazole rings is 1. The Bertz CT molecular complexity index is 861. The van der Waals surface area contributed by atoms with Crippen molar-refractivity contribution >= 4 is 17.4 Å². The van der Waals surface area contributed by atoms with Crippen molar-refractivity contribution in [3.8, 4) is 0 Å². The predicted octanol–water partition coefficient (Wildman–Crippen LogP) is 3.25. The highest BCUT2D eigenvalue weighted by molar-refractivity contribution is 5.89. The summed E-state index contributed by atoms with van der Waals surface area (Å²) >= 11 is 0. The Morgan fingerprint density at radius 2 is 2.04 bits per heavy atom. The van der Waals surface area contributed by atoms with Gasteiger partial charge in [-0.3, -0.25) is 0 Å². The fourth-order valence-electron chi connectivity index (χ4n) is 2.78. The summed E-state index contributed by atoms with van der Waals surface area (Å²) in [7, 11) is 0. The van der Waals surface area contributed by atoms with E-state index in [4.69, 9.17) is 9.47 Å². The summed E-state index contributed by atoms with van der Waals surface area (Å²) in [4.78, 5) is 16.6. The second-order valence-electron chi connectivity index (χ2n) is 6.28. The highest BCUT2D eigenvalue weighted by Crippen LogP contribution is 2.11. The van der Waals surface area contributed by atoms with Gasteiger partial charge in [0, 0.05) is 37.7 Å². The van der Waals surface area contributed by atoms with Crippen LogP contribution in [0.3, 0.4) is 0 Å². The quantitative estimate of drug-likeness (QED) is 0.528. The topological polar surface area (TPSA) is 76.9 Å². The van der Waals surface area contributed by atoms with E-state index in [9.17, 15) is 4.79 Å². The number of hydrogen-bond donors (Lipinski definition) is 2. The van der Waals surface area contributed by atoms with Gasteiger partial charge >= 0.3 is 6.03 Å². The van der Waals surface area contributed by atoms with E-state index in [2.05, 4.69) is 15.6 Å². The molecule has 2 aromatic heterocycles. The van der Waals surface area contributed by atoms with Crippen LogP contribution < -0.4 is 10.6 Å². The summed E-state index contributed by atoms with van der Waals surface area (Å²) in [5, 5.41) is 5.71. The predicted molar refractivity (Wildman–Crippen MR) is 109 cm³/mol. The van der Waals surface area contributed by atoms with Crippen LogP contribution in [0, 0.1) is 0 Å². The fourth-order valence-corrected chi connectivity index (χ4v) is 2.78. The van der Waals surface area contributed by atoms with Crippen LogP contribution in [0.15, 0.2) is 54.9 Å². The zero-order chi connectivity index (χ0) is 19.6. The number of urea groups is 1. The molecule has 0 saturated carbocycles. The van der Waals surface area contributed by atoms with Crippen molar-refractivity contribution in [1.29, 1.82) is 0 Å². The average Bonchev–Trinajstić information content (AvgIpc) is 3.11. The summed E-state index contributed by atoms with van der Waals surface area (Å²) in [5.41, 5.74) is 3.58. The molecule has 0 radical (unpaired) electrons. The molecule has 0 aliphatic carbocycles. The molecule has 148 valence electrons. The number of anilines is 1. The number of nitrogens with one attached hydrogen (secondary N) is 2. The van der Waals surface area contributed by atoms with Crippen molar-refractivity contribution in [2.45, 2.75) is 20.0 Å². The Morgan fingerprint density at radius 1 is 1.14 bits per heavy atom. The van der Waals surface area contributed by atoms with Gasteiger partial charge in [-0.25, -0.2) is 9.78 Å². The summed E-state index contributed by atoms with van der Waals surface area (Å²) in [6.45, 7) is 4.78. The molecule has 0 aliphatic heterocycles. The first-order valence-electron chi connectivity index (χ1n) is 9.46. The Morgan fingerprint density at radius 3 is 2.89 bits per heavy atom. The van der Waals surface area contributed by atoms with E-state index < -0.39 is 0 Å². The standard InChI is InChI=1S/C21H26N4O3/c1-2-27-12-13-28-16-17-6-5-7-18(14-17)24-21(26)22-10-9-19-15-25-11-4-3-8-20(25)23-19/h3-8,11,14-15H,2,9-10,12-13,16H2,1H3,(H2,22,24,26). The highest BCUT2D eigenvalue weighted by atomic mass is 16.5. The molecule has 7 heteroatoms. The number of ether oxygens (including phenoxy) is 2. The first-order valence-corrected chi connectivity index (χ1v) is 9.46. The molecule has 1 aromatic carbocycles. The van der Waals surface area contributed by atoms with Gasteiger partial charge in [0.25, 0.3) is 0 Å². The lowest BCUT2D eigenvalue weighted by Gasteiger charge is -2.09. The maximum absolute atomic E-state index is 12.1. The van der Waals surface area contributed by atoms with E-state index in [1.165, 1.54) is 0 Å². The average molecular weight is 382 g/mol. The Hall–Kier alpha value is -2.90. The molecule has 0 aliphatic rings. The van der Waals surface area contributed by atoms with Crippen LogP contribution in [-0.2, 0) is 22.5 Å². The minimum atomic E-state index is -0.238. The minimum Gasteiger partial charge on any atom is -0.379 e. The van der Waals surface area contributed by atoms with Crippen molar-refractivity contribution in [2.24, 2.45) is 0 Å². The van der Waals surface area contributed by atoms with Gasteiger partial charge in [-0.15, -0.1) is 0 Å². The summed E-state index contributed by atoms with van der Waals surface area (Å²) in [5.74, 6) is 0. The number of fused-ring (bicyclic) bond motifs is 1. The number of benzene rings is 1. The largest absolute Gasteiger partial charge is 0.379 e. The highest BCUT2D eigenvalue weighted by Gasteiger charge is 2.05. The second-order valence-corrected chi connectivity index (χ2v) is 6.28. The number of nitrogens with zero attached hydrogens (tertiary/aromatic N) is 2. The van der Waals surface area contributed by atoms with Crippen LogP contribution in [0.1, 0.15) is 18.2 Å². The molecule has 0 spiro atoms. The van der Waals surface area contributed by atoms with Gasteiger partial charge < -0.3 is 24.5 Å². The molecule has 0 unspecified atom stereocenters. The lowest BCUT2D eigenvalue weighted by Crippen LogP contribution is -2.30. The summed E-state index contributed by atoms with van der Waals surface area (Å²) < 4.78 is 12.8. The van der Waals surface area contributed by atoms with Gasteiger partial charge in [-0.05, 0) is 36.8 Å². The number of aromatic nitrogens is 2. The van der Waals surface area contributed by atoms with Crippen molar-refractivity contribution in [3.63, 3.8) is 0 Å². The van der Waals surface area contributed by atoms with Gasteiger partial charge in [-0.2, -0.15) is 0 Å². The van der Waals surface area contributed by atoms with E-state index in [1.54, 1.807) is 0 Å². The molecule has 0 saturated heterocycles. The molecular weight excluding hydrogens is 356 g/mol. The monoisotopic (exact) mass is 382 g/mol. The summed E-state index contributed by atoms with van der Waals surface area (Å²) in [6, 6.07) is 13.3. The molecule has 28 heavy (non-hydrogen) atoms. The van der Waals surface area contributed by atoms with Gasteiger partial charge in [-0.1, -0.05) is 18.2 Å². The number of rotatable bonds is 10. The third kappa shape index (κ3) is 6.07. The maximum atomic E-state index is 12.1. The lowest BCUT2D eigenvalue weighted by molar-refractivity contribution is 0.0453. The molecule has 2 amide bonds. The Kier molecular flexibility index (Phi) is 7.40.